The molecule has 0 aliphatic heterocycles. The van der Waals surface area contributed by atoms with Crippen molar-refractivity contribution in [3.63, 3.8) is 0 Å². The molecule has 0 saturated heterocycles. The summed E-state index contributed by atoms with van der Waals surface area (Å²) in [7, 11) is 0. The summed E-state index contributed by atoms with van der Waals surface area (Å²) in [5.74, 6) is 5.77. The average Bonchev–Trinajstić information content (AvgIpc) is 3.14. The van der Waals surface area contributed by atoms with Crippen LogP contribution >= 0.6 is 0 Å². The number of carbonyl (C=O) groups excluding carboxylic acids is 1. The van der Waals surface area contributed by atoms with E-state index in [1.165, 1.54) is 0 Å². The smallest absolute Gasteiger partial charge is 0.357 e. The van der Waals surface area contributed by atoms with Crippen LogP contribution < -0.4 is 0 Å². The van der Waals surface area contributed by atoms with Gasteiger partial charge in [0.15, 0.2) is 18.1 Å². The monoisotopic (exact) mass is 303 g/mol. The minimum atomic E-state index is -0.513. The average molecular weight is 303 g/mol. The third-order valence-corrected chi connectivity index (χ3v) is 2.96. The predicted octanol–water partition coefficient (Wildman–Crippen LogP) is 2.48. The van der Waals surface area contributed by atoms with E-state index in [1.807, 2.05) is 30.3 Å². The standard InChI is InChI=1S/C18H13N3O2/c22-18(23-14-5-9-15-7-2-1-3-8-15)16-10-4-11-17(20-16)21-13-6-12-19-21/h1-4,6-8,10-13H,14H2. The largest absolute Gasteiger partial charge is 0.448 e. The van der Waals surface area contributed by atoms with Crippen molar-refractivity contribution >= 4 is 5.97 Å². The number of esters is 1. The summed E-state index contributed by atoms with van der Waals surface area (Å²) >= 11 is 0. The molecule has 0 amide bonds. The van der Waals surface area contributed by atoms with E-state index in [1.54, 1.807) is 41.3 Å². The molecule has 5 nitrogen and oxygen atoms in total. The first kappa shape index (κ1) is 14.5. The number of aromatic nitrogens is 3. The first-order valence-corrected chi connectivity index (χ1v) is 7.01. The van der Waals surface area contributed by atoms with Crippen LogP contribution in [0.1, 0.15) is 16.1 Å². The highest BCUT2D eigenvalue weighted by Crippen LogP contribution is 2.05. The van der Waals surface area contributed by atoms with Crippen molar-refractivity contribution in [3.05, 3.63) is 78.2 Å². The third kappa shape index (κ3) is 3.83. The van der Waals surface area contributed by atoms with Crippen molar-refractivity contribution in [2.75, 3.05) is 6.61 Å². The topological polar surface area (TPSA) is 57.0 Å². The van der Waals surface area contributed by atoms with Crippen molar-refractivity contribution in [2.24, 2.45) is 0 Å². The number of hydrogen-bond acceptors (Lipinski definition) is 4. The van der Waals surface area contributed by atoms with Crippen LogP contribution in [-0.4, -0.2) is 27.3 Å². The zero-order valence-corrected chi connectivity index (χ0v) is 12.2. The molecule has 0 spiro atoms. The number of nitrogens with zero attached hydrogens (tertiary/aromatic N) is 3. The second-order valence-electron chi connectivity index (χ2n) is 4.58. The number of ether oxygens (including phenoxy) is 1. The Morgan fingerprint density at radius 3 is 2.74 bits per heavy atom. The van der Waals surface area contributed by atoms with Crippen molar-refractivity contribution in [1.29, 1.82) is 0 Å². The van der Waals surface area contributed by atoms with Crippen LogP contribution in [-0.2, 0) is 4.74 Å². The molecule has 3 aromatic rings. The molecule has 3 rings (SSSR count). The molecule has 0 bridgehead atoms. The van der Waals surface area contributed by atoms with E-state index in [-0.39, 0.29) is 12.3 Å². The molecule has 0 aliphatic rings. The summed E-state index contributed by atoms with van der Waals surface area (Å²) in [5, 5.41) is 4.08. The summed E-state index contributed by atoms with van der Waals surface area (Å²) in [5.41, 5.74) is 1.10. The van der Waals surface area contributed by atoms with Gasteiger partial charge in [-0.05, 0) is 30.3 Å². The van der Waals surface area contributed by atoms with Crippen LogP contribution in [0.2, 0.25) is 0 Å². The highest BCUT2D eigenvalue weighted by atomic mass is 16.5. The van der Waals surface area contributed by atoms with E-state index in [0.29, 0.717) is 5.82 Å². The number of carbonyl (C=O) groups is 1. The Kier molecular flexibility index (Phi) is 4.46. The molecule has 0 radical (unpaired) electrons. The summed E-state index contributed by atoms with van der Waals surface area (Å²) < 4.78 is 6.69. The van der Waals surface area contributed by atoms with Gasteiger partial charge in [-0.2, -0.15) is 5.10 Å². The number of hydrogen-bond donors (Lipinski definition) is 0. The van der Waals surface area contributed by atoms with E-state index >= 15 is 0 Å². The third-order valence-electron chi connectivity index (χ3n) is 2.96. The summed E-state index contributed by atoms with van der Waals surface area (Å²) in [6.45, 7) is 0.0153. The van der Waals surface area contributed by atoms with Gasteiger partial charge in [-0.1, -0.05) is 36.1 Å². The van der Waals surface area contributed by atoms with Gasteiger partial charge in [0.1, 0.15) is 0 Å². The molecule has 0 saturated carbocycles. The number of benzene rings is 1. The van der Waals surface area contributed by atoms with Crippen LogP contribution in [0.5, 0.6) is 0 Å². The Balaban J connectivity index is 1.63. The summed E-state index contributed by atoms with van der Waals surface area (Å²) in [6, 6.07) is 16.4. The SMILES string of the molecule is O=C(OCC#Cc1ccccc1)c1cccc(-n2cccn2)n1. The Bertz CT molecular complexity index is 847. The zero-order chi connectivity index (χ0) is 15.9. The van der Waals surface area contributed by atoms with E-state index in [9.17, 15) is 4.79 Å². The van der Waals surface area contributed by atoms with E-state index in [4.69, 9.17) is 4.74 Å². The fourth-order valence-corrected chi connectivity index (χ4v) is 1.90. The number of pyridine rings is 1. The van der Waals surface area contributed by atoms with Crippen molar-refractivity contribution in [3.8, 4) is 17.7 Å². The highest BCUT2D eigenvalue weighted by molar-refractivity contribution is 5.87. The molecule has 2 aromatic heterocycles. The van der Waals surface area contributed by atoms with Crippen molar-refractivity contribution < 1.29 is 9.53 Å². The first-order chi connectivity index (χ1) is 11.3. The van der Waals surface area contributed by atoms with Gasteiger partial charge >= 0.3 is 5.97 Å². The minimum absolute atomic E-state index is 0.0153. The molecule has 0 fully saturated rings. The van der Waals surface area contributed by atoms with E-state index in [0.717, 1.165) is 5.56 Å². The van der Waals surface area contributed by atoms with E-state index in [2.05, 4.69) is 21.9 Å². The Morgan fingerprint density at radius 1 is 1.09 bits per heavy atom. The molecule has 0 atom stereocenters. The van der Waals surface area contributed by atoms with Crippen molar-refractivity contribution in [2.45, 2.75) is 0 Å². The van der Waals surface area contributed by atoms with Crippen molar-refractivity contribution in [1.82, 2.24) is 14.8 Å². The normalized spacial score (nSPS) is 9.74. The lowest BCUT2D eigenvalue weighted by molar-refractivity contribution is 0.0550. The van der Waals surface area contributed by atoms with Crippen LogP contribution in [0.25, 0.3) is 5.82 Å². The van der Waals surface area contributed by atoms with E-state index < -0.39 is 5.97 Å². The molecular formula is C18H13N3O2. The van der Waals surface area contributed by atoms with Gasteiger partial charge in [0.25, 0.3) is 0 Å². The molecule has 112 valence electrons. The lowest BCUT2D eigenvalue weighted by Crippen LogP contribution is -2.09. The minimum Gasteiger partial charge on any atom is -0.448 e. The maximum Gasteiger partial charge on any atom is 0.357 e. The lowest BCUT2D eigenvalue weighted by Gasteiger charge is -2.03. The fraction of sp³-hybridized carbons (Fsp3) is 0.0556. The molecule has 0 N–H and O–H groups in total. The summed E-state index contributed by atoms with van der Waals surface area (Å²) in [6.07, 6.45) is 3.40. The van der Waals surface area contributed by atoms with Crippen LogP contribution in [0.4, 0.5) is 0 Å². The van der Waals surface area contributed by atoms with Gasteiger partial charge in [0, 0.05) is 18.0 Å². The van der Waals surface area contributed by atoms with Gasteiger partial charge in [-0.3, -0.25) is 0 Å². The highest BCUT2D eigenvalue weighted by Gasteiger charge is 2.09. The molecule has 1 aromatic carbocycles. The van der Waals surface area contributed by atoms with Gasteiger partial charge < -0.3 is 4.74 Å². The van der Waals surface area contributed by atoms with Crippen LogP contribution in [0.15, 0.2) is 67.0 Å². The Morgan fingerprint density at radius 2 is 1.96 bits per heavy atom. The maximum absolute atomic E-state index is 12.0. The zero-order valence-electron chi connectivity index (χ0n) is 12.2. The quantitative estimate of drug-likeness (QED) is 0.551. The van der Waals surface area contributed by atoms with Gasteiger partial charge in [0.2, 0.25) is 0 Å². The fourth-order valence-electron chi connectivity index (χ4n) is 1.90. The molecule has 0 aliphatic carbocycles. The first-order valence-electron chi connectivity index (χ1n) is 7.01. The van der Waals surface area contributed by atoms with Gasteiger partial charge in [-0.15, -0.1) is 0 Å². The molecule has 2 heterocycles. The van der Waals surface area contributed by atoms with Gasteiger partial charge in [0.05, 0.1) is 0 Å². The molecule has 0 unspecified atom stereocenters. The molecular weight excluding hydrogens is 290 g/mol. The summed E-state index contributed by atoms with van der Waals surface area (Å²) in [4.78, 5) is 16.2. The Hall–Kier alpha value is -3.39. The molecule has 5 heteroatoms. The molecule has 23 heavy (non-hydrogen) atoms. The number of rotatable bonds is 3. The second kappa shape index (κ2) is 7.05. The van der Waals surface area contributed by atoms with Crippen LogP contribution in [0.3, 0.4) is 0 Å². The second-order valence-corrected chi connectivity index (χ2v) is 4.58. The Labute approximate surface area is 133 Å². The lowest BCUT2D eigenvalue weighted by atomic mass is 10.2. The predicted molar refractivity (Wildman–Crippen MR) is 85.0 cm³/mol. The maximum atomic E-state index is 12.0. The van der Waals surface area contributed by atoms with Gasteiger partial charge in [-0.25, -0.2) is 14.5 Å². The van der Waals surface area contributed by atoms with Crippen LogP contribution in [0, 0.1) is 11.8 Å².